The molecular weight excluding hydrogens is 635 g/mol. The van der Waals surface area contributed by atoms with E-state index >= 15 is 0 Å². The molecule has 4 heteroatoms. The summed E-state index contributed by atoms with van der Waals surface area (Å²) >= 11 is 0. The van der Waals surface area contributed by atoms with E-state index < -0.39 is 0 Å². The van der Waals surface area contributed by atoms with Crippen molar-refractivity contribution in [2.75, 3.05) is 0 Å². The van der Waals surface area contributed by atoms with E-state index in [9.17, 15) is 0 Å². The number of nitrogens with zero attached hydrogens (tertiary/aromatic N) is 3. The molecule has 10 rings (SSSR count). The number of fused-ring (bicyclic) bond motifs is 6. The Hall–Kier alpha value is -6.65. The molecule has 0 atom stereocenters. The van der Waals surface area contributed by atoms with Gasteiger partial charge in [-0.3, -0.25) is 0 Å². The normalized spacial score (nSPS) is 13.0. The molecule has 1 aliphatic rings. The number of furan rings is 1. The van der Waals surface area contributed by atoms with Crippen LogP contribution in [0.3, 0.4) is 0 Å². The molecule has 1 aliphatic carbocycles. The average molecular weight is 668 g/mol. The first-order valence-electron chi connectivity index (χ1n) is 17.7. The van der Waals surface area contributed by atoms with Crippen LogP contribution in [0, 0.1) is 0 Å². The van der Waals surface area contributed by atoms with Gasteiger partial charge in [-0.15, -0.1) is 0 Å². The van der Waals surface area contributed by atoms with Gasteiger partial charge in [0.1, 0.15) is 11.2 Å². The molecule has 0 saturated heterocycles. The first kappa shape index (κ1) is 30.2. The van der Waals surface area contributed by atoms with Gasteiger partial charge < -0.3 is 4.42 Å². The SMILES string of the molecule is CC1(C)c2ccccc2-c2cccc(-c3ccc4oc5cccc(-c6nc(-c7ccccc7)nc(-c7cccc(-c8ccccc8)c7)n6)c5c4c3)c21. The second-order valence-electron chi connectivity index (χ2n) is 14.0. The standard InChI is InChI=1S/C48H33N3O/c1-48(2)40-24-10-9-20-36(40)37-22-12-21-35(44(37)48)33-26-27-41-39(29-33)43-38(23-13-25-42(43)52-41)47-50-45(31-16-7-4-8-17-31)49-46(51-47)34-19-11-18-32(28-34)30-14-5-3-6-15-30/h3-29H,1-2H3. The van der Waals surface area contributed by atoms with Gasteiger partial charge >= 0.3 is 0 Å². The van der Waals surface area contributed by atoms with Crippen molar-refractivity contribution in [2.24, 2.45) is 0 Å². The predicted molar refractivity (Wildman–Crippen MR) is 212 cm³/mol. The van der Waals surface area contributed by atoms with Crippen LogP contribution in [-0.2, 0) is 5.41 Å². The number of aromatic nitrogens is 3. The Kier molecular flexibility index (Phi) is 6.80. The van der Waals surface area contributed by atoms with Crippen LogP contribution in [0.1, 0.15) is 25.0 Å². The Labute approximate surface area is 302 Å². The summed E-state index contributed by atoms with van der Waals surface area (Å²) in [5.41, 5.74) is 14.2. The summed E-state index contributed by atoms with van der Waals surface area (Å²) in [5, 5.41) is 2.02. The fraction of sp³-hybridized carbons (Fsp3) is 0.0625. The molecule has 0 spiro atoms. The smallest absolute Gasteiger partial charge is 0.164 e. The summed E-state index contributed by atoms with van der Waals surface area (Å²) in [6.45, 7) is 4.67. The van der Waals surface area contributed by atoms with E-state index in [4.69, 9.17) is 19.4 Å². The Morgan fingerprint density at radius 3 is 1.83 bits per heavy atom. The molecule has 0 amide bonds. The fourth-order valence-corrected chi connectivity index (χ4v) is 8.08. The van der Waals surface area contributed by atoms with Crippen LogP contribution in [0.25, 0.3) is 89.5 Å². The van der Waals surface area contributed by atoms with E-state index in [2.05, 4.69) is 129 Å². The molecule has 0 bridgehead atoms. The summed E-state index contributed by atoms with van der Waals surface area (Å²) in [6, 6.07) is 57.1. The molecule has 52 heavy (non-hydrogen) atoms. The van der Waals surface area contributed by atoms with Gasteiger partial charge in [0.2, 0.25) is 0 Å². The molecule has 0 fully saturated rings. The van der Waals surface area contributed by atoms with E-state index in [0.29, 0.717) is 17.5 Å². The van der Waals surface area contributed by atoms with Gasteiger partial charge in [0.15, 0.2) is 17.5 Å². The number of hydrogen-bond acceptors (Lipinski definition) is 4. The fourth-order valence-electron chi connectivity index (χ4n) is 8.08. The van der Waals surface area contributed by atoms with Crippen molar-refractivity contribution in [3.8, 4) is 67.5 Å². The van der Waals surface area contributed by atoms with Gasteiger partial charge in [-0.1, -0.05) is 153 Å². The van der Waals surface area contributed by atoms with E-state index in [0.717, 1.165) is 55.3 Å². The molecule has 2 aromatic heterocycles. The maximum absolute atomic E-state index is 6.51. The lowest BCUT2D eigenvalue weighted by Gasteiger charge is -2.24. The monoisotopic (exact) mass is 667 g/mol. The van der Waals surface area contributed by atoms with Crippen LogP contribution < -0.4 is 0 Å². The highest BCUT2D eigenvalue weighted by atomic mass is 16.3. The second kappa shape index (κ2) is 11.7. The number of benzene rings is 7. The third-order valence-electron chi connectivity index (χ3n) is 10.5. The van der Waals surface area contributed by atoms with Crippen LogP contribution in [0.4, 0.5) is 0 Å². The molecule has 0 aliphatic heterocycles. The quantitative estimate of drug-likeness (QED) is 0.183. The molecule has 2 heterocycles. The zero-order chi connectivity index (χ0) is 34.8. The lowest BCUT2D eigenvalue weighted by Crippen LogP contribution is -2.16. The molecule has 9 aromatic rings. The number of rotatable bonds is 5. The zero-order valence-corrected chi connectivity index (χ0v) is 28.8. The van der Waals surface area contributed by atoms with Crippen molar-refractivity contribution in [2.45, 2.75) is 19.3 Å². The number of hydrogen-bond donors (Lipinski definition) is 0. The predicted octanol–water partition coefficient (Wildman–Crippen LogP) is 12.4. The zero-order valence-electron chi connectivity index (χ0n) is 28.8. The van der Waals surface area contributed by atoms with Crippen molar-refractivity contribution >= 4 is 21.9 Å². The molecule has 4 nitrogen and oxygen atoms in total. The van der Waals surface area contributed by atoms with Gasteiger partial charge in [-0.25, -0.2) is 15.0 Å². The summed E-state index contributed by atoms with van der Waals surface area (Å²) in [7, 11) is 0. The van der Waals surface area contributed by atoms with Crippen molar-refractivity contribution in [1.82, 2.24) is 15.0 Å². The van der Waals surface area contributed by atoms with Crippen molar-refractivity contribution < 1.29 is 4.42 Å². The summed E-state index contributed by atoms with van der Waals surface area (Å²) < 4.78 is 6.51. The van der Waals surface area contributed by atoms with E-state index in [1.165, 1.54) is 27.8 Å². The van der Waals surface area contributed by atoms with Crippen molar-refractivity contribution in [3.63, 3.8) is 0 Å². The molecule has 0 radical (unpaired) electrons. The minimum absolute atomic E-state index is 0.131. The third kappa shape index (κ3) is 4.79. The minimum Gasteiger partial charge on any atom is -0.456 e. The highest BCUT2D eigenvalue weighted by Crippen LogP contribution is 2.52. The summed E-state index contributed by atoms with van der Waals surface area (Å²) in [5.74, 6) is 1.84. The molecule has 246 valence electrons. The van der Waals surface area contributed by atoms with Crippen molar-refractivity contribution in [3.05, 3.63) is 175 Å². The van der Waals surface area contributed by atoms with Crippen molar-refractivity contribution in [1.29, 1.82) is 0 Å². The summed E-state index contributed by atoms with van der Waals surface area (Å²) in [6.07, 6.45) is 0. The van der Waals surface area contributed by atoms with Crippen LogP contribution >= 0.6 is 0 Å². The Balaban J connectivity index is 1.17. The van der Waals surface area contributed by atoms with Crippen LogP contribution in [0.15, 0.2) is 168 Å². The molecule has 0 N–H and O–H groups in total. The molecule has 7 aromatic carbocycles. The molecule has 0 unspecified atom stereocenters. The maximum Gasteiger partial charge on any atom is 0.164 e. The lowest BCUT2D eigenvalue weighted by molar-refractivity contribution is 0.662. The first-order chi connectivity index (χ1) is 25.5. The van der Waals surface area contributed by atoms with Gasteiger partial charge in [-0.2, -0.15) is 0 Å². The summed E-state index contributed by atoms with van der Waals surface area (Å²) in [4.78, 5) is 15.3. The Bertz CT molecular complexity index is 2820. The highest BCUT2D eigenvalue weighted by molar-refractivity contribution is 6.13. The van der Waals surface area contributed by atoms with Crippen LogP contribution in [0.2, 0.25) is 0 Å². The second-order valence-corrected chi connectivity index (χ2v) is 14.0. The molecule has 0 saturated carbocycles. The van der Waals surface area contributed by atoms with Gasteiger partial charge in [0.05, 0.1) is 0 Å². The molecular formula is C48H33N3O. The van der Waals surface area contributed by atoms with E-state index in [-0.39, 0.29) is 5.41 Å². The van der Waals surface area contributed by atoms with Gasteiger partial charge in [0, 0.05) is 32.9 Å². The topological polar surface area (TPSA) is 51.8 Å². The Morgan fingerprint density at radius 1 is 0.404 bits per heavy atom. The van der Waals surface area contributed by atoms with Gasteiger partial charge in [0.25, 0.3) is 0 Å². The third-order valence-corrected chi connectivity index (χ3v) is 10.5. The maximum atomic E-state index is 6.51. The lowest BCUT2D eigenvalue weighted by atomic mass is 9.79. The largest absolute Gasteiger partial charge is 0.456 e. The minimum atomic E-state index is -0.131. The highest BCUT2D eigenvalue weighted by Gasteiger charge is 2.37. The van der Waals surface area contributed by atoms with Gasteiger partial charge in [-0.05, 0) is 68.8 Å². The van der Waals surface area contributed by atoms with E-state index in [1.54, 1.807) is 0 Å². The van der Waals surface area contributed by atoms with Crippen LogP contribution in [0.5, 0.6) is 0 Å². The van der Waals surface area contributed by atoms with E-state index in [1.807, 2.05) is 48.5 Å². The average Bonchev–Trinajstić information content (AvgIpc) is 3.70. The Morgan fingerprint density at radius 2 is 1.00 bits per heavy atom. The first-order valence-corrected chi connectivity index (χ1v) is 17.7. The van der Waals surface area contributed by atoms with Crippen LogP contribution in [-0.4, -0.2) is 15.0 Å².